The Morgan fingerprint density at radius 3 is 2.47 bits per heavy atom. The highest BCUT2D eigenvalue weighted by molar-refractivity contribution is 5.78. The summed E-state index contributed by atoms with van der Waals surface area (Å²) >= 11 is 0. The second-order valence-electron chi connectivity index (χ2n) is 5.97. The highest BCUT2D eigenvalue weighted by atomic mass is 16.5. The second-order valence-corrected chi connectivity index (χ2v) is 5.97. The predicted octanol–water partition coefficient (Wildman–Crippen LogP) is 2.55. The molecule has 1 amide bonds. The lowest BCUT2D eigenvalue weighted by molar-refractivity contribution is -0.140. The first-order valence-electron chi connectivity index (χ1n) is 6.70. The molecule has 1 aliphatic rings. The summed E-state index contributed by atoms with van der Waals surface area (Å²) < 4.78 is 5.40. The van der Waals surface area contributed by atoms with Crippen LogP contribution in [0.2, 0.25) is 0 Å². The number of hydrogen-bond donors (Lipinski definition) is 0. The molecule has 1 fully saturated rings. The van der Waals surface area contributed by atoms with Crippen LogP contribution in [-0.2, 0) is 9.53 Å². The van der Waals surface area contributed by atoms with Crippen molar-refractivity contribution in [2.45, 2.75) is 40.5 Å². The molecule has 0 N–H and O–H groups in total. The fourth-order valence-electron chi connectivity index (χ4n) is 2.76. The minimum atomic E-state index is 0.0977. The van der Waals surface area contributed by atoms with Crippen molar-refractivity contribution in [1.29, 1.82) is 0 Å². The van der Waals surface area contributed by atoms with E-state index in [1.807, 2.05) is 18.7 Å². The van der Waals surface area contributed by atoms with Gasteiger partial charge in [-0.05, 0) is 18.8 Å². The van der Waals surface area contributed by atoms with E-state index in [0.717, 1.165) is 26.1 Å². The molecule has 1 aliphatic heterocycles. The third kappa shape index (κ3) is 3.21. The third-order valence-electron chi connectivity index (χ3n) is 4.07. The van der Waals surface area contributed by atoms with E-state index in [0.29, 0.717) is 5.92 Å². The molecule has 0 aromatic heterocycles. The molecule has 0 aromatic carbocycles. The van der Waals surface area contributed by atoms with Gasteiger partial charge in [0, 0.05) is 31.5 Å². The van der Waals surface area contributed by atoms with Crippen molar-refractivity contribution in [3.8, 4) is 0 Å². The topological polar surface area (TPSA) is 29.5 Å². The number of hydrogen-bond acceptors (Lipinski definition) is 2. The van der Waals surface area contributed by atoms with Gasteiger partial charge in [-0.1, -0.05) is 27.7 Å². The number of carbonyl (C=O) groups excluding carboxylic acids is 1. The van der Waals surface area contributed by atoms with Crippen LogP contribution in [-0.4, -0.2) is 37.6 Å². The summed E-state index contributed by atoms with van der Waals surface area (Å²) in [6.07, 6.45) is 2.26. The predicted molar refractivity (Wildman–Crippen MR) is 69.8 cm³/mol. The molecule has 0 spiro atoms. The number of nitrogens with zero attached hydrogens (tertiary/aromatic N) is 1. The Hall–Kier alpha value is -0.570. The Balaban J connectivity index is 2.78. The first-order valence-corrected chi connectivity index (χ1v) is 6.70. The summed E-state index contributed by atoms with van der Waals surface area (Å²) in [6, 6.07) is 0. The number of amides is 1. The summed E-state index contributed by atoms with van der Waals surface area (Å²) in [6.45, 7) is 11.0. The average Bonchev–Trinajstić information content (AvgIpc) is 2.28. The van der Waals surface area contributed by atoms with Crippen LogP contribution in [0.1, 0.15) is 40.5 Å². The zero-order valence-electron chi connectivity index (χ0n) is 12.0. The molecule has 0 radical (unpaired) electrons. The van der Waals surface area contributed by atoms with Gasteiger partial charge in [0.15, 0.2) is 0 Å². The van der Waals surface area contributed by atoms with Crippen LogP contribution < -0.4 is 0 Å². The molecule has 0 aliphatic carbocycles. The molecule has 1 saturated heterocycles. The summed E-state index contributed by atoms with van der Waals surface area (Å²) in [5.74, 6) is 0.927. The number of carbonyl (C=O) groups is 1. The van der Waals surface area contributed by atoms with E-state index in [4.69, 9.17) is 4.74 Å². The molecule has 17 heavy (non-hydrogen) atoms. The molecule has 1 atom stereocenters. The van der Waals surface area contributed by atoms with Crippen LogP contribution in [0.15, 0.2) is 0 Å². The molecule has 0 unspecified atom stereocenters. The first-order chi connectivity index (χ1) is 7.93. The number of rotatable bonds is 4. The maximum Gasteiger partial charge on any atom is 0.225 e. The van der Waals surface area contributed by atoms with Gasteiger partial charge in [-0.2, -0.15) is 0 Å². The monoisotopic (exact) mass is 241 g/mol. The maximum absolute atomic E-state index is 12.1. The highest BCUT2D eigenvalue weighted by Gasteiger charge is 2.39. The zero-order chi connectivity index (χ0) is 13.1. The lowest BCUT2D eigenvalue weighted by Gasteiger charge is -2.45. The molecular formula is C14H27NO2. The minimum Gasteiger partial charge on any atom is -0.384 e. The van der Waals surface area contributed by atoms with Gasteiger partial charge in [-0.25, -0.2) is 0 Å². The molecule has 0 bridgehead atoms. The summed E-state index contributed by atoms with van der Waals surface area (Å²) in [4.78, 5) is 14.1. The smallest absolute Gasteiger partial charge is 0.225 e. The van der Waals surface area contributed by atoms with Gasteiger partial charge in [-0.15, -0.1) is 0 Å². The number of methoxy groups -OCH3 is 1. The summed E-state index contributed by atoms with van der Waals surface area (Å²) in [5, 5.41) is 0. The van der Waals surface area contributed by atoms with Crippen molar-refractivity contribution < 1.29 is 9.53 Å². The molecule has 100 valence electrons. The van der Waals surface area contributed by atoms with Crippen molar-refractivity contribution in [3.63, 3.8) is 0 Å². The van der Waals surface area contributed by atoms with E-state index >= 15 is 0 Å². The standard InChI is InChI=1S/C14H27NO2/c1-11(2)13(16)15-8-6-7-14(9-15,10-17-5)12(3)4/h11-12H,6-10H2,1-5H3/t14-/m1/s1. The van der Waals surface area contributed by atoms with Crippen LogP contribution in [0.25, 0.3) is 0 Å². The number of likely N-dealkylation sites (tertiary alicyclic amines) is 1. The highest BCUT2D eigenvalue weighted by Crippen LogP contribution is 2.37. The van der Waals surface area contributed by atoms with Gasteiger partial charge in [0.05, 0.1) is 6.61 Å². The summed E-state index contributed by atoms with van der Waals surface area (Å²) in [5.41, 5.74) is 0.150. The lowest BCUT2D eigenvalue weighted by atomic mass is 9.72. The second kappa shape index (κ2) is 5.85. The van der Waals surface area contributed by atoms with Crippen molar-refractivity contribution in [2.75, 3.05) is 26.8 Å². The van der Waals surface area contributed by atoms with Crippen molar-refractivity contribution >= 4 is 5.91 Å². The summed E-state index contributed by atoms with van der Waals surface area (Å²) in [7, 11) is 1.76. The third-order valence-corrected chi connectivity index (χ3v) is 4.07. The Labute approximate surface area is 106 Å². The number of piperidine rings is 1. The van der Waals surface area contributed by atoms with Crippen molar-refractivity contribution in [2.24, 2.45) is 17.3 Å². The molecule has 1 rings (SSSR count). The quantitative estimate of drug-likeness (QED) is 0.757. The van der Waals surface area contributed by atoms with E-state index in [1.165, 1.54) is 6.42 Å². The Morgan fingerprint density at radius 1 is 1.35 bits per heavy atom. The van der Waals surface area contributed by atoms with Gasteiger partial charge in [0.25, 0.3) is 0 Å². The maximum atomic E-state index is 12.1. The lowest BCUT2D eigenvalue weighted by Crippen LogP contribution is -2.51. The Kier molecular flexibility index (Phi) is 4.99. The molecule has 0 saturated carbocycles. The van der Waals surface area contributed by atoms with E-state index in [1.54, 1.807) is 7.11 Å². The van der Waals surface area contributed by atoms with E-state index < -0.39 is 0 Å². The number of ether oxygens (including phenoxy) is 1. The van der Waals surface area contributed by atoms with Gasteiger partial charge >= 0.3 is 0 Å². The SMILES string of the molecule is COC[C@@]1(C(C)C)CCCN(C(=O)C(C)C)C1. The van der Waals surface area contributed by atoms with Gasteiger partial charge in [-0.3, -0.25) is 4.79 Å². The van der Waals surface area contributed by atoms with Crippen LogP contribution in [0.4, 0.5) is 0 Å². The zero-order valence-corrected chi connectivity index (χ0v) is 12.0. The van der Waals surface area contributed by atoms with Crippen molar-refractivity contribution in [3.05, 3.63) is 0 Å². The average molecular weight is 241 g/mol. The Bertz CT molecular complexity index is 259. The fraction of sp³-hybridized carbons (Fsp3) is 0.929. The minimum absolute atomic E-state index is 0.0977. The molecule has 0 aromatic rings. The molecular weight excluding hydrogens is 214 g/mol. The normalized spacial score (nSPS) is 25.7. The van der Waals surface area contributed by atoms with Gasteiger partial charge in [0.2, 0.25) is 5.91 Å². The first kappa shape index (κ1) is 14.5. The van der Waals surface area contributed by atoms with E-state index in [9.17, 15) is 4.79 Å². The van der Waals surface area contributed by atoms with E-state index in [-0.39, 0.29) is 17.2 Å². The largest absolute Gasteiger partial charge is 0.384 e. The Morgan fingerprint density at radius 2 is 2.00 bits per heavy atom. The molecule has 3 nitrogen and oxygen atoms in total. The van der Waals surface area contributed by atoms with Crippen molar-refractivity contribution in [1.82, 2.24) is 4.90 Å². The molecule has 1 heterocycles. The molecule has 3 heteroatoms. The van der Waals surface area contributed by atoms with Gasteiger partial charge < -0.3 is 9.64 Å². The van der Waals surface area contributed by atoms with Crippen LogP contribution in [0, 0.1) is 17.3 Å². The van der Waals surface area contributed by atoms with Crippen LogP contribution >= 0.6 is 0 Å². The van der Waals surface area contributed by atoms with Crippen LogP contribution in [0.3, 0.4) is 0 Å². The fourth-order valence-corrected chi connectivity index (χ4v) is 2.76. The van der Waals surface area contributed by atoms with E-state index in [2.05, 4.69) is 13.8 Å². The van der Waals surface area contributed by atoms with Crippen LogP contribution in [0.5, 0.6) is 0 Å². The van der Waals surface area contributed by atoms with Gasteiger partial charge in [0.1, 0.15) is 0 Å².